The van der Waals surface area contributed by atoms with Gasteiger partial charge in [0, 0.05) is 12.6 Å². The van der Waals surface area contributed by atoms with E-state index in [0.717, 1.165) is 18.9 Å². The lowest BCUT2D eigenvalue weighted by atomic mass is 9.91. The maximum Gasteiger partial charge on any atom is 0.0546 e. The van der Waals surface area contributed by atoms with E-state index in [1.807, 2.05) is 0 Å². The third-order valence-corrected chi connectivity index (χ3v) is 2.79. The highest BCUT2D eigenvalue weighted by molar-refractivity contribution is 4.75. The summed E-state index contributed by atoms with van der Waals surface area (Å²) in [7, 11) is 1.80. The Labute approximate surface area is 102 Å². The van der Waals surface area contributed by atoms with Crippen molar-refractivity contribution in [3.63, 3.8) is 0 Å². The summed E-state index contributed by atoms with van der Waals surface area (Å²) in [5, 5.41) is 3.60. The van der Waals surface area contributed by atoms with Gasteiger partial charge in [-0.05, 0) is 58.9 Å². The molecule has 0 radical (unpaired) electrons. The number of hydrogen-bond acceptors (Lipinski definition) is 2. The first kappa shape index (κ1) is 15.9. The van der Waals surface area contributed by atoms with Gasteiger partial charge < -0.3 is 10.1 Å². The van der Waals surface area contributed by atoms with Crippen molar-refractivity contribution in [2.45, 2.75) is 66.0 Å². The Balaban J connectivity index is 4.10. The van der Waals surface area contributed by atoms with Gasteiger partial charge in [0.2, 0.25) is 0 Å². The smallest absolute Gasteiger partial charge is 0.0546 e. The molecule has 0 rings (SSSR count). The van der Waals surface area contributed by atoms with E-state index in [1.165, 1.54) is 6.42 Å². The lowest BCUT2D eigenvalue weighted by molar-refractivity contribution is 0.0896. The minimum absolute atomic E-state index is 0.214. The van der Waals surface area contributed by atoms with Gasteiger partial charge >= 0.3 is 0 Å². The molecule has 0 aliphatic rings. The molecule has 0 aliphatic heterocycles. The van der Waals surface area contributed by atoms with Crippen molar-refractivity contribution < 1.29 is 4.74 Å². The number of ether oxygens (including phenoxy) is 1. The Kier molecular flexibility index (Phi) is 7.25. The Morgan fingerprint density at radius 3 is 2.00 bits per heavy atom. The Morgan fingerprint density at radius 1 is 1.06 bits per heavy atom. The molecule has 98 valence electrons. The van der Waals surface area contributed by atoms with Crippen molar-refractivity contribution in [1.29, 1.82) is 0 Å². The van der Waals surface area contributed by atoms with Crippen LogP contribution >= 0.6 is 0 Å². The molecular formula is C14H31NO. The highest BCUT2D eigenvalue weighted by Gasteiger charge is 2.17. The fourth-order valence-corrected chi connectivity index (χ4v) is 1.95. The third-order valence-electron chi connectivity index (χ3n) is 2.79. The monoisotopic (exact) mass is 229 g/mol. The molecule has 0 aromatic carbocycles. The summed E-state index contributed by atoms with van der Waals surface area (Å²) >= 11 is 0. The van der Waals surface area contributed by atoms with Crippen LogP contribution in [0.4, 0.5) is 0 Å². The first-order valence-electron chi connectivity index (χ1n) is 6.52. The maximum absolute atomic E-state index is 5.37. The Morgan fingerprint density at radius 2 is 1.62 bits per heavy atom. The SMILES string of the molecule is COC(C)CC(CNC(C)(C)C)CC(C)C. The van der Waals surface area contributed by atoms with Crippen LogP contribution in [0, 0.1) is 11.8 Å². The second-order valence-corrected chi connectivity index (χ2v) is 6.41. The molecule has 0 fully saturated rings. The summed E-state index contributed by atoms with van der Waals surface area (Å²) < 4.78 is 5.37. The lowest BCUT2D eigenvalue weighted by Gasteiger charge is -2.27. The first-order valence-corrected chi connectivity index (χ1v) is 6.52. The largest absolute Gasteiger partial charge is 0.382 e. The van der Waals surface area contributed by atoms with Gasteiger partial charge in [-0.3, -0.25) is 0 Å². The molecule has 0 aromatic heterocycles. The van der Waals surface area contributed by atoms with E-state index < -0.39 is 0 Å². The van der Waals surface area contributed by atoms with Crippen molar-refractivity contribution in [3.05, 3.63) is 0 Å². The predicted molar refractivity (Wildman–Crippen MR) is 71.8 cm³/mol. The highest BCUT2D eigenvalue weighted by Crippen LogP contribution is 2.18. The van der Waals surface area contributed by atoms with E-state index in [1.54, 1.807) is 7.11 Å². The molecule has 16 heavy (non-hydrogen) atoms. The van der Waals surface area contributed by atoms with E-state index in [9.17, 15) is 0 Å². The molecule has 0 saturated heterocycles. The fourth-order valence-electron chi connectivity index (χ4n) is 1.95. The minimum atomic E-state index is 0.214. The highest BCUT2D eigenvalue weighted by atomic mass is 16.5. The van der Waals surface area contributed by atoms with E-state index in [2.05, 4.69) is 46.9 Å². The van der Waals surface area contributed by atoms with Crippen molar-refractivity contribution in [1.82, 2.24) is 5.32 Å². The molecule has 0 aromatic rings. The van der Waals surface area contributed by atoms with Gasteiger partial charge in [0.25, 0.3) is 0 Å². The van der Waals surface area contributed by atoms with E-state index >= 15 is 0 Å². The first-order chi connectivity index (χ1) is 7.24. The molecule has 2 unspecified atom stereocenters. The van der Waals surface area contributed by atoms with Gasteiger partial charge in [0.05, 0.1) is 6.10 Å². The lowest BCUT2D eigenvalue weighted by Crippen LogP contribution is -2.40. The van der Waals surface area contributed by atoms with Gasteiger partial charge in [0.1, 0.15) is 0 Å². The topological polar surface area (TPSA) is 21.3 Å². The number of nitrogens with one attached hydrogen (secondary N) is 1. The molecule has 0 spiro atoms. The molecule has 2 atom stereocenters. The minimum Gasteiger partial charge on any atom is -0.382 e. The van der Waals surface area contributed by atoms with Crippen LogP contribution in [0.5, 0.6) is 0 Å². The van der Waals surface area contributed by atoms with Crippen LogP contribution < -0.4 is 5.32 Å². The van der Waals surface area contributed by atoms with Gasteiger partial charge in [0.15, 0.2) is 0 Å². The van der Waals surface area contributed by atoms with Gasteiger partial charge in [-0.25, -0.2) is 0 Å². The quantitative estimate of drug-likeness (QED) is 0.722. The molecule has 0 bridgehead atoms. The summed E-state index contributed by atoms with van der Waals surface area (Å²) in [6, 6.07) is 0. The summed E-state index contributed by atoms with van der Waals surface area (Å²) in [4.78, 5) is 0. The Hall–Kier alpha value is -0.0800. The molecule has 2 nitrogen and oxygen atoms in total. The van der Waals surface area contributed by atoms with E-state index in [0.29, 0.717) is 12.0 Å². The summed E-state index contributed by atoms with van der Waals surface area (Å²) in [6.07, 6.45) is 2.79. The normalized spacial score (nSPS) is 16.5. The molecule has 0 aliphatic carbocycles. The molecule has 1 N–H and O–H groups in total. The summed E-state index contributed by atoms with van der Waals surface area (Å²) in [6.45, 7) is 14.5. The molecule has 0 heterocycles. The van der Waals surface area contributed by atoms with Crippen LogP contribution in [0.1, 0.15) is 54.4 Å². The third kappa shape index (κ3) is 9.17. The second kappa shape index (κ2) is 7.29. The van der Waals surface area contributed by atoms with Crippen molar-refractivity contribution in [2.75, 3.05) is 13.7 Å². The average Bonchev–Trinajstić information content (AvgIpc) is 2.12. The second-order valence-electron chi connectivity index (χ2n) is 6.41. The van der Waals surface area contributed by atoms with Gasteiger partial charge in [-0.2, -0.15) is 0 Å². The van der Waals surface area contributed by atoms with E-state index in [4.69, 9.17) is 4.74 Å². The van der Waals surface area contributed by atoms with Crippen LogP contribution in [0.3, 0.4) is 0 Å². The Bertz CT molecular complexity index is 172. The van der Waals surface area contributed by atoms with Gasteiger partial charge in [-0.1, -0.05) is 13.8 Å². The summed E-state index contributed by atoms with van der Waals surface area (Å²) in [5.41, 5.74) is 0.214. The van der Waals surface area contributed by atoms with Gasteiger partial charge in [-0.15, -0.1) is 0 Å². The van der Waals surface area contributed by atoms with Crippen LogP contribution in [0.2, 0.25) is 0 Å². The predicted octanol–water partition coefficient (Wildman–Crippen LogP) is 3.46. The molecule has 0 amide bonds. The number of methoxy groups -OCH3 is 1. The summed E-state index contributed by atoms with van der Waals surface area (Å²) in [5.74, 6) is 1.48. The van der Waals surface area contributed by atoms with Crippen molar-refractivity contribution >= 4 is 0 Å². The zero-order valence-corrected chi connectivity index (χ0v) is 12.3. The molecular weight excluding hydrogens is 198 g/mol. The maximum atomic E-state index is 5.37. The van der Waals surface area contributed by atoms with Crippen LogP contribution in [0.15, 0.2) is 0 Å². The van der Waals surface area contributed by atoms with Crippen LogP contribution in [-0.2, 0) is 4.74 Å². The number of rotatable bonds is 7. The zero-order valence-electron chi connectivity index (χ0n) is 12.3. The fraction of sp³-hybridized carbons (Fsp3) is 1.00. The van der Waals surface area contributed by atoms with E-state index in [-0.39, 0.29) is 5.54 Å². The average molecular weight is 229 g/mol. The number of hydrogen-bond donors (Lipinski definition) is 1. The van der Waals surface area contributed by atoms with Crippen LogP contribution in [0.25, 0.3) is 0 Å². The van der Waals surface area contributed by atoms with Crippen molar-refractivity contribution in [3.8, 4) is 0 Å². The standard InChI is InChI=1S/C14H31NO/c1-11(2)8-13(9-12(3)16-7)10-15-14(4,5)6/h11-13,15H,8-10H2,1-7H3. The zero-order chi connectivity index (χ0) is 12.8. The molecule has 2 heteroatoms. The van der Waals surface area contributed by atoms with Crippen LogP contribution in [-0.4, -0.2) is 25.3 Å². The van der Waals surface area contributed by atoms with Crippen molar-refractivity contribution in [2.24, 2.45) is 11.8 Å². The molecule has 0 saturated carbocycles.